The van der Waals surface area contributed by atoms with E-state index in [1.165, 1.54) is 11.4 Å². The molecule has 0 aliphatic carbocycles. The molecule has 0 aliphatic rings. The van der Waals surface area contributed by atoms with Crippen LogP contribution in [0.5, 0.6) is 0 Å². The zero-order valence-electron chi connectivity index (χ0n) is 14.7. The molecule has 0 atom stereocenters. The largest absolute Gasteiger partial charge is 0.362 e. The van der Waals surface area contributed by atoms with E-state index in [2.05, 4.69) is 10.6 Å². The fourth-order valence-electron chi connectivity index (χ4n) is 2.33. The first-order chi connectivity index (χ1) is 12.3. The molecule has 2 aromatic carbocycles. The molecule has 2 N–H and O–H groups in total. The fraction of sp³-hybridized carbons (Fsp3) is 0.278. The van der Waals surface area contributed by atoms with Gasteiger partial charge in [-0.3, -0.25) is 4.31 Å². The van der Waals surface area contributed by atoms with Crippen molar-refractivity contribution in [3.63, 3.8) is 0 Å². The lowest BCUT2D eigenvalue weighted by atomic mass is 10.1. The molecular formula is C18H22ClN3O2S2. The molecule has 0 unspecified atom stereocenters. The van der Waals surface area contributed by atoms with Gasteiger partial charge in [0.2, 0.25) is 10.0 Å². The highest BCUT2D eigenvalue weighted by Crippen LogP contribution is 2.20. The maximum atomic E-state index is 11.6. The van der Waals surface area contributed by atoms with Crippen molar-refractivity contribution in [1.29, 1.82) is 0 Å². The average molecular weight is 412 g/mol. The van der Waals surface area contributed by atoms with Crippen molar-refractivity contribution >= 4 is 50.3 Å². The molecule has 0 aliphatic heterocycles. The zero-order valence-corrected chi connectivity index (χ0v) is 17.1. The number of anilines is 2. The van der Waals surface area contributed by atoms with E-state index in [0.29, 0.717) is 17.3 Å². The number of rotatable bonds is 7. The second-order valence-electron chi connectivity index (χ2n) is 5.86. The lowest BCUT2D eigenvalue weighted by molar-refractivity contribution is 0.600. The van der Waals surface area contributed by atoms with Crippen molar-refractivity contribution in [3.8, 4) is 0 Å². The quantitative estimate of drug-likeness (QED) is 0.537. The van der Waals surface area contributed by atoms with Crippen LogP contribution < -0.4 is 14.9 Å². The normalized spacial score (nSPS) is 11.0. The summed E-state index contributed by atoms with van der Waals surface area (Å²) >= 11 is 11.4. The minimum Gasteiger partial charge on any atom is -0.362 e. The van der Waals surface area contributed by atoms with E-state index < -0.39 is 10.0 Å². The second kappa shape index (κ2) is 9.21. The molecule has 0 radical (unpaired) electrons. The Bertz CT molecular complexity index is 872. The van der Waals surface area contributed by atoms with E-state index in [1.807, 2.05) is 30.3 Å². The van der Waals surface area contributed by atoms with Gasteiger partial charge in [-0.1, -0.05) is 35.9 Å². The SMILES string of the molecule is CN(c1cccc(NC(=S)NCCCc2ccccc2Cl)c1)S(C)(=O)=O. The molecule has 0 heterocycles. The number of sulfonamides is 1. The number of halogens is 1. The monoisotopic (exact) mass is 411 g/mol. The Kier molecular flexibility index (Phi) is 7.25. The first kappa shape index (κ1) is 20.5. The van der Waals surface area contributed by atoms with Gasteiger partial charge in [0.1, 0.15) is 0 Å². The standard InChI is InChI=1S/C18H22ClN3O2S2/c1-22(26(2,23)24)16-10-5-9-15(13-16)21-18(25)20-12-6-8-14-7-3-4-11-17(14)19/h3-5,7,9-11,13H,6,8,12H2,1-2H3,(H2,20,21,25). The Hall–Kier alpha value is -1.83. The Labute approximate surface area is 165 Å². The summed E-state index contributed by atoms with van der Waals surface area (Å²) in [6, 6.07) is 14.9. The van der Waals surface area contributed by atoms with E-state index >= 15 is 0 Å². The van der Waals surface area contributed by atoms with Crippen LogP contribution in [0.15, 0.2) is 48.5 Å². The first-order valence-corrected chi connectivity index (χ1v) is 10.7. The molecule has 0 saturated carbocycles. The molecule has 2 aromatic rings. The minimum absolute atomic E-state index is 0.489. The zero-order chi connectivity index (χ0) is 19.2. The Morgan fingerprint density at radius 3 is 2.62 bits per heavy atom. The smallest absolute Gasteiger partial charge is 0.231 e. The van der Waals surface area contributed by atoms with Crippen LogP contribution >= 0.6 is 23.8 Å². The topological polar surface area (TPSA) is 61.4 Å². The van der Waals surface area contributed by atoms with Gasteiger partial charge in [0.15, 0.2) is 5.11 Å². The summed E-state index contributed by atoms with van der Waals surface area (Å²) < 4.78 is 24.5. The van der Waals surface area contributed by atoms with Crippen LogP contribution in [0.2, 0.25) is 5.02 Å². The third-order valence-corrected chi connectivity index (χ3v) is 5.65. The van der Waals surface area contributed by atoms with E-state index in [1.54, 1.807) is 18.2 Å². The van der Waals surface area contributed by atoms with Gasteiger partial charge in [-0.15, -0.1) is 0 Å². The summed E-state index contributed by atoms with van der Waals surface area (Å²) in [4.78, 5) is 0. The maximum Gasteiger partial charge on any atom is 0.231 e. The number of aryl methyl sites for hydroxylation is 1. The molecule has 0 amide bonds. The highest BCUT2D eigenvalue weighted by atomic mass is 35.5. The summed E-state index contributed by atoms with van der Waals surface area (Å²) in [5.41, 5.74) is 2.41. The van der Waals surface area contributed by atoms with Crippen molar-refractivity contribution in [2.24, 2.45) is 0 Å². The maximum absolute atomic E-state index is 11.6. The van der Waals surface area contributed by atoms with Crippen molar-refractivity contribution in [2.45, 2.75) is 12.8 Å². The van der Waals surface area contributed by atoms with Gasteiger partial charge in [0.05, 0.1) is 11.9 Å². The summed E-state index contributed by atoms with van der Waals surface area (Å²) in [5, 5.41) is 7.48. The first-order valence-electron chi connectivity index (χ1n) is 8.09. The third kappa shape index (κ3) is 6.16. The van der Waals surface area contributed by atoms with E-state index in [9.17, 15) is 8.42 Å². The predicted molar refractivity (Wildman–Crippen MR) is 114 cm³/mol. The van der Waals surface area contributed by atoms with Crippen LogP contribution in [0.3, 0.4) is 0 Å². The Balaban J connectivity index is 1.83. The van der Waals surface area contributed by atoms with Crippen LogP contribution in [-0.2, 0) is 16.4 Å². The lowest BCUT2D eigenvalue weighted by Gasteiger charge is -2.18. The van der Waals surface area contributed by atoms with E-state index in [4.69, 9.17) is 23.8 Å². The van der Waals surface area contributed by atoms with Crippen LogP contribution in [0.25, 0.3) is 0 Å². The van der Waals surface area contributed by atoms with Gasteiger partial charge in [-0.05, 0) is 54.9 Å². The molecule has 2 rings (SSSR count). The summed E-state index contributed by atoms with van der Waals surface area (Å²) in [6.45, 7) is 0.708. The van der Waals surface area contributed by atoms with Gasteiger partial charge < -0.3 is 10.6 Å². The number of hydrogen-bond donors (Lipinski definition) is 2. The average Bonchev–Trinajstić information content (AvgIpc) is 2.59. The van der Waals surface area contributed by atoms with Crippen LogP contribution in [0.1, 0.15) is 12.0 Å². The van der Waals surface area contributed by atoms with Crippen LogP contribution in [0, 0.1) is 0 Å². The highest BCUT2D eigenvalue weighted by molar-refractivity contribution is 7.92. The van der Waals surface area contributed by atoms with Gasteiger partial charge >= 0.3 is 0 Å². The summed E-state index contributed by atoms with van der Waals surface area (Å²) in [5.74, 6) is 0. The molecule has 5 nitrogen and oxygen atoms in total. The van der Waals surface area contributed by atoms with Crippen molar-refractivity contribution in [1.82, 2.24) is 5.32 Å². The number of hydrogen-bond acceptors (Lipinski definition) is 3. The highest BCUT2D eigenvalue weighted by Gasteiger charge is 2.12. The van der Waals surface area contributed by atoms with Crippen molar-refractivity contribution in [3.05, 3.63) is 59.1 Å². The molecule has 0 spiro atoms. The third-order valence-electron chi connectivity index (χ3n) is 3.83. The molecule has 0 saturated heterocycles. The number of nitrogens with zero attached hydrogens (tertiary/aromatic N) is 1. The summed E-state index contributed by atoms with van der Waals surface area (Å²) in [6.07, 6.45) is 2.92. The molecule has 0 bridgehead atoms. The van der Waals surface area contributed by atoms with E-state index in [0.717, 1.165) is 35.4 Å². The number of nitrogens with one attached hydrogen (secondary N) is 2. The fourth-order valence-corrected chi connectivity index (χ4v) is 3.27. The van der Waals surface area contributed by atoms with Crippen LogP contribution in [-0.4, -0.2) is 33.4 Å². The van der Waals surface area contributed by atoms with E-state index in [-0.39, 0.29) is 0 Å². The van der Waals surface area contributed by atoms with Gasteiger partial charge in [-0.25, -0.2) is 8.42 Å². The molecular weight excluding hydrogens is 390 g/mol. The lowest BCUT2D eigenvalue weighted by Crippen LogP contribution is -2.29. The Morgan fingerprint density at radius 2 is 1.92 bits per heavy atom. The van der Waals surface area contributed by atoms with Gasteiger partial charge in [-0.2, -0.15) is 0 Å². The second-order valence-corrected chi connectivity index (χ2v) is 8.69. The molecule has 140 valence electrons. The molecule has 26 heavy (non-hydrogen) atoms. The molecule has 8 heteroatoms. The van der Waals surface area contributed by atoms with Crippen molar-refractivity contribution in [2.75, 3.05) is 29.5 Å². The minimum atomic E-state index is -3.30. The molecule has 0 aromatic heterocycles. The van der Waals surface area contributed by atoms with Gasteiger partial charge in [0.25, 0.3) is 0 Å². The van der Waals surface area contributed by atoms with Crippen LogP contribution in [0.4, 0.5) is 11.4 Å². The molecule has 0 fully saturated rings. The van der Waals surface area contributed by atoms with Crippen molar-refractivity contribution < 1.29 is 8.42 Å². The van der Waals surface area contributed by atoms with Gasteiger partial charge in [0, 0.05) is 24.3 Å². The Morgan fingerprint density at radius 1 is 1.19 bits per heavy atom. The summed E-state index contributed by atoms with van der Waals surface area (Å²) in [7, 11) is -1.79. The predicted octanol–water partition coefficient (Wildman–Crippen LogP) is 3.66. The number of benzene rings is 2. The number of thiocarbonyl (C=S) groups is 1.